The highest BCUT2D eigenvalue weighted by Gasteiger charge is 2.22. The van der Waals surface area contributed by atoms with Crippen molar-refractivity contribution in [3.05, 3.63) is 65.7 Å². The van der Waals surface area contributed by atoms with E-state index in [0.29, 0.717) is 19.0 Å². The summed E-state index contributed by atoms with van der Waals surface area (Å²) in [5.41, 5.74) is 6.89. The van der Waals surface area contributed by atoms with E-state index in [1.165, 1.54) is 5.56 Å². The highest BCUT2D eigenvalue weighted by atomic mass is 127. The largest absolute Gasteiger partial charge is 0.370 e. The Morgan fingerprint density at radius 3 is 2.52 bits per heavy atom. The minimum absolute atomic E-state index is 0. The molecule has 156 valence electrons. The van der Waals surface area contributed by atoms with Gasteiger partial charge in [-0.3, -0.25) is 4.79 Å². The van der Waals surface area contributed by atoms with Crippen LogP contribution in [0.2, 0.25) is 0 Å². The van der Waals surface area contributed by atoms with E-state index in [0.717, 1.165) is 37.5 Å². The summed E-state index contributed by atoms with van der Waals surface area (Å²) in [6.45, 7) is 1.26. The number of halogens is 3. The first-order valence-electron chi connectivity index (χ1n) is 9.35. The first kappa shape index (κ1) is 23.1. The Morgan fingerprint density at radius 1 is 1.14 bits per heavy atom. The Bertz CT molecular complexity index is 840. The number of hydrogen-bond donors (Lipinski definition) is 2. The van der Waals surface area contributed by atoms with Crippen LogP contribution in [0, 0.1) is 17.6 Å². The monoisotopic (exact) mass is 514 g/mol. The zero-order valence-corrected chi connectivity index (χ0v) is 18.3. The SMILES string of the molecule is I.NC(=NCC(=O)N1CCC(Cc2ccccc2)CC1)Nc1cc(F)ccc1F. The van der Waals surface area contributed by atoms with Gasteiger partial charge in [0.05, 0.1) is 5.69 Å². The van der Waals surface area contributed by atoms with E-state index in [4.69, 9.17) is 5.73 Å². The lowest BCUT2D eigenvalue weighted by Gasteiger charge is -2.31. The second-order valence-electron chi connectivity index (χ2n) is 6.96. The van der Waals surface area contributed by atoms with Crippen LogP contribution >= 0.6 is 24.0 Å². The Morgan fingerprint density at radius 2 is 1.83 bits per heavy atom. The van der Waals surface area contributed by atoms with E-state index in [1.807, 2.05) is 18.2 Å². The molecule has 0 atom stereocenters. The molecular formula is C21H25F2IN4O. The van der Waals surface area contributed by atoms with Crippen molar-refractivity contribution >= 4 is 41.5 Å². The molecule has 8 heteroatoms. The van der Waals surface area contributed by atoms with E-state index >= 15 is 0 Å². The first-order valence-corrected chi connectivity index (χ1v) is 9.35. The normalized spacial score (nSPS) is 15.0. The van der Waals surface area contributed by atoms with Crippen LogP contribution in [0.3, 0.4) is 0 Å². The van der Waals surface area contributed by atoms with Gasteiger partial charge in [-0.15, -0.1) is 24.0 Å². The fraction of sp³-hybridized carbons (Fsp3) is 0.333. The Balaban J connectivity index is 0.00000300. The second kappa shape index (κ2) is 11.1. The number of amides is 1. The molecule has 1 fully saturated rings. The number of guanidine groups is 1. The molecule has 1 saturated heterocycles. The molecule has 0 spiro atoms. The van der Waals surface area contributed by atoms with Gasteiger partial charge in [0, 0.05) is 19.2 Å². The molecule has 2 aromatic carbocycles. The number of aliphatic imine (C=N–C) groups is 1. The number of rotatable bonds is 5. The average Bonchev–Trinajstić information content (AvgIpc) is 2.70. The molecule has 0 radical (unpaired) electrons. The van der Waals surface area contributed by atoms with Crippen LogP contribution in [-0.4, -0.2) is 36.4 Å². The molecule has 0 saturated carbocycles. The minimum atomic E-state index is -0.647. The minimum Gasteiger partial charge on any atom is -0.370 e. The van der Waals surface area contributed by atoms with E-state index < -0.39 is 11.6 Å². The zero-order valence-electron chi connectivity index (χ0n) is 16.0. The maximum absolute atomic E-state index is 13.6. The molecule has 0 aromatic heterocycles. The van der Waals surface area contributed by atoms with Crippen molar-refractivity contribution in [2.45, 2.75) is 19.3 Å². The predicted molar refractivity (Wildman–Crippen MR) is 121 cm³/mol. The molecule has 1 aliphatic heterocycles. The number of likely N-dealkylation sites (tertiary alicyclic amines) is 1. The molecule has 5 nitrogen and oxygen atoms in total. The molecule has 3 rings (SSSR count). The first-order chi connectivity index (χ1) is 13.5. The molecule has 1 aliphatic rings. The lowest BCUT2D eigenvalue weighted by atomic mass is 9.90. The van der Waals surface area contributed by atoms with Gasteiger partial charge in [-0.25, -0.2) is 13.8 Å². The van der Waals surface area contributed by atoms with Crippen molar-refractivity contribution in [1.29, 1.82) is 0 Å². The van der Waals surface area contributed by atoms with E-state index in [1.54, 1.807) is 4.90 Å². The number of benzene rings is 2. The third kappa shape index (κ3) is 6.95. The van der Waals surface area contributed by atoms with Crippen molar-refractivity contribution in [2.24, 2.45) is 16.6 Å². The Hall–Kier alpha value is -2.23. The molecular weight excluding hydrogens is 489 g/mol. The highest BCUT2D eigenvalue weighted by Crippen LogP contribution is 2.21. The third-order valence-electron chi connectivity index (χ3n) is 4.91. The topological polar surface area (TPSA) is 70.7 Å². The van der Waals surface area contributed by atoms with Gasteiger partial charge in [-0.1, -0.05) is 30.3 Å². The van der Waals surface area contributed by atoms with Crippen molar-refractivity contribution in [2.75, 3.05) is 25.0 Å². The maximum atomic E-state index is 13.6. The summed E-state index contributed by atoms with van der Waals surface area (Å²) < 4.78 is 26.8. The van der Waals surface area contributed by atoms with Crippen LogP contribution in [0.5, 0.6) is 0 Å². The van der Waals surface area contributed by atoms with E-state index in [2.05, 4.69) is 22.4 Å². The van der Waals surface area contributed by atoms with Crippen molar-refractivity contribution in [3.63, 3.8) is 0 Å². The molecule has 2 aromatic rings. The van der Waals surface area contributed by atoms with Gasteiger partial charge in [-0.2, -0.15) is 0 Å². The average molecular weight is 514 g/mol. The standard InChI is InChI=1S/C21H24F2N4O.HI/c22-17-6-7-18(23)19(13-17)26-21(24)25-14-20(28)27-10-8-16(9-11-27)12-15-4-2-1-3-5-15;/h1-7,13,16H,8-12,14H2,(H3,24,25,26);1H. The number of nitrogens with zero attached hydrogens (tertiary/aromatic N) is 2. The number of carbonyl (C=O) groups is 1. The lowest BCUT2D eigenvalue weighted by Crippen LogP contribution is -2.40. The molecule has 0 aliphatic carbocycles. The van der Waals surface area contributed by atoms with E-state index in [9.17, 15) is 13.6 Å². The number of carbonyl (C=O) groups excluding carboxylic acids is 1. The molecule has 0 unspecified atom stereocenters. The van der Waals surface area contributed by atoms with Crippen LogP contribution in [0.25, 0.3) is 0 Å². The Labute approximate surface area is 186 Å². The summed E-state index contributed by atoms with van der Waals surface area (Å²) in [6, 6.07) is 13.3. The molecule has 1 heterocycles. The van der Waals surface area contributed by atoms with Gasteiger partial charge in [0.2, 0.25) is 5.91 Å². The van der Waals surface area contributed by atoms with Gasteiger partial charge in [0.25, 0.3) is 0 Å². The fourth-order valence-electron chi connectivity index (χ4n) is 3.36. The number of nitrogens with one attached hydrogen (secondary N) is 1. The van der Waals surface area contributed by atoms with Crippen LogP contribution in [-0.2, 0) is 11.2 Å². The summed E-state index contributed by atoms with van der Waals surface area (Å²) in [5, 5.41) is 2.49. The highest BCUT2D eigenvalue weighted by molar-refractivity contribution is 14.0. The Kier molecular flexibility index (Phi) is 8.81. The molecule has 1 amide bonds. The van der Waals surface area contributed by atoms with Crippen molar-refractivity contribution in [1.82, 2.24) is 4.90 Å². The van der Waals surface area contributed by atoms with Crippen LogP contribution in [0.15, 0.2) is 53.5 Å². The number of hydrogen-bond acceptors (Lipinski definition) is 2. The molecule has 0 bridgehead atoms. The van der Waals surface area contributed by atoms with Gasteiger partial charge in [0.15, 0.2) is 5.96 Å². The van der Waals surface area contributed by atoms with Crippen LogP contribution in [0.1, 0.15) is 18.4 Å². The number of piperidine rings is 1. The smallest absolute Gasteiger partial charge is 0.244 e. The summed E-state index contributed by atoms with van der Waals surface area (Å²) in [6.07, 6.45) is 2.93. The summed E-state index contributed by atoms with van der Waals surface area (Å²) in [4.78, 5) is 18.1. The molecule has 29 heavy (non-hydrogen) atoms. The second-order valence-corrected chi connectivity index (χ2v) is 6.96. The summed E-state index contributed by atoms with van der Waals surface area (Å²) >= 11 is 0. The van der Waals surface area contributed by atoms with Crippen molar-refractivity contribution in [3.8, 4) is 0 Å². The van der Waals surface area contributed by atoms with Gasteiger partial charge >= 0.3 is 0 Å². The summed E-state index contributed by atoms with van der Waals surface area (Å²) in [5.74, 6) is -0.922. The maximum Gasteiger partial charge on any atom is 0.244 e. The van der Waals surface area contributed by atoms with Crippen molar-refractivity contribution < 1.29 is 13.6 Å². The van der Waals surface area contributed by atoms with Crippen LogP contribution < -0.4 is 11.1 Å². The zero-order chi connectivity index (χ0) is 19.9. The quantitative estimate of drug-likeness (QED) is 0.363. The molecule has 3 N–H and O–H groups in total. The van der Waals surface area contributed by atoms with Crippen LogP contribution in [0.4, 0.5) is 14.5 Å². The van der Waals surface area contributed by atoms with Gasteiger partial charge in [0.1, 0.15) is 18.2 Å². The van der Waals surface area contributed by atoms with Gasteiger partial charge < -0.3 is 16.0 Å². The predicted octanol–water partition coefficient (Wildman–Crippen LogP) is 3.79. The fourth-order valence-corrected chi connectivity index (χ4v) is 3.36. The lowest BCUT2D eigenvalue weighted by molar-refractivity contribution is -0.130. The number of nitrogens with two attached hydrogens (primary N) is 1. The van der Waals surface area contributed by atoms with Gasteiger partial charge in [-0.05, 0) is 42.9 Å². The third-order valence-corrected chi connectivity index (χ3v) is 4.91. The van der Waals surface area contributed by atoms with E-state index in [-0.39, 0.29) is 48.1 Å². The number of anilines is 1. The summed E-state index contributed by atoms with van der Waals surface area (Å²) in [7, 11) is 0.